The van der Waals surface area contributed by atoms with Crippen LogP contribution in [0.4, 0.5) is 0 Å². The van der Waals surface area contributed by atoms with Crippen molar-refractivity contribution in [1.29, 1.82) is 0 Å². The first kappa shape index (κ1) is 29.5. The van der Waals surface area contributed by atoms with E-state index >= 15 is 0 Å². The monoisotopic (exact) mass is 601 g/mol. The van der Waals surface area contributed by atoms with Gasteiger partial charge in [0, 0.05) is 39.3 Å². The van der Waals surface area contributed by atoms with Gasteiger partial charge in [0.2, 0.25) is 0 Å². The number of nitrogens with zero attached hydrogens (tertiary/aromatic N) is 3. The Balaban J connectivity index is 1.42. The van der Waals surface area contributed by atoms with Crippen LogP contribution in [0.15, 0.2) is 121 Å². The molecule has 0 fully saturated rings. The molecule has 3 heterocycles. The van der Waals surface area contributed by atoms with Crippen molar-refractivity contribution >= 4 is 21.9 Å². The predicted octanol–water partition coefficient (Wildman–Crippen LogP) is 10.8. The van der Waals surface area contributed by atoms with Crippen LogP contribution in [0.5, 0.6) is 5.75 Å². The van der Waals surface area contributed by atoms with Gasteiger partial charge < -0.3 is 5.11 Å². The Morgan fingerprint density at radius 3 is 2.22 bits per heavy atom. The van der Waals surface area contributed by atoms with Crippen molar-refractivity contribution in [3.63, 3.8) is 0 Å². The van der Waals surface area contributed by atoms with Crippen molar-refractivity contribution < 1.29 is 5.11 Å². The minimum Gasteiger partial charge on any atom is -0.507 e. The first-order valence-electron chi connectivity index (χ1n) is 16.1. The molecule has 4 aromatic carbocycles. The average Bonchev–Trinajstić information content (AvgIpc) is 3.39. The minimum absolute atomic E-state index is 0.252. The maximum Gasteiger partial charge on any atom is 0.145 e. The molecule has 46 heavy (non-hydrogen) atoms. The van der Waals surface area contributed by atoms with Crippen molar-refractivity contribution in [3.8, 4) is 45.1 Å². The number of rotatable bonds is 6. The second-order valence-electron chi connectivity index (χ2n) is 13.7. The number of phenolic OH excluding ortho intramolecular Hbond substituents is 1. The fourth-order valence-electron chi connectivity index (χ4n) is 6.54. The van der Waals surface area contributed by atoms with Gasteiger partial charge in [-0.05, 0) is 95.1 Å². The number of hydrogen-bond donors (Lipinski definition) is 1. The van der Waals surface area contributed by atoms with E-state index in [-0.39, 0.29) is 11.2 Å². The molecule has 4 nitrogen and oxygen atoms in total. The average molecular weight is 602 g/mol. The zero-order chi connectivity index (χ0) is 32.0. The second kappa shape index (κ2) is 11.6. The summed E-state index contributed by atoms with van der Waals surface area (Å²) in [6, 6.07) is 40.0. The largest absolute Gasteiger partial charge is 0.507 e. The molecule has 0 aliphatic heterocycles. The van der Waals surface area contributed by atoms with E-state index in [1.54, 1.807) is 0 Å². The molecule has 7 aromatic rings. The Hall–Kier alpha value is -5.22. The van der Waals surface area contributed by atoms with Gasteiger partial charge >= 0.3 is 0 Å². The van der Waals surface area contributed by atoms with Gasteiger partial charge in [-0.3, -0.25) is 4.57 Å². The van der Waals surface area contributed by atoms with Gasteiger partial charge in [0.1, 0.15) is 11.4 Å². The van der Waals surface area contributed by atoms with E-state index < -0.39 is 0 Å². The smallest absolute Gasteiger partial charge is 0.145 e. The summed E-state index contributed by atoms with van der Waals surface area (Å²) in [4.78, 5) is 10.0. The van der Waals surface area contributed by atoms with Crippen molar-refractivity contribution in [2.24, 2.45) is 5.92 Å². The van der Waals surface area contributed by atoms with E-state index in [0.29, 0.717) is 5.92 Å². The molecular formula is C42H39N3O. The highest BCUT2D eigenvalue weighted by Gasteiger charge is 2.23. The SMILES string of the molecule is CC(C)Cc1cc(-c2cccc(-c3cc(-c4ccccc4)cc(C(C)(C)C)c3O)n2)cc(-n2c3ccccc3c3cccnc32)c1. The molecule has 0 radical (unpaired) electrons. The summed E-state index contributed by atoms with van der Waals surface area (Å²) in [7, 11) is 0. The highest BCUT2D eigenvalue weighted by Crippen LogP contribution is 2.42. The highest BCUT2D eigenvalue weighted by molar-refractivity contribution is 6.07. The summed E-state index contributed by atoms with van der Waals surface area (Å²) in [5.74, 6) is 0.773. The molecular weight excluding hydrogens is 562 g/mol. The molecule has 0 saturated carbocycles. The van der Waals surface area contributed by atoms with Crippen LogP contribution in [-0.4, -0.2) is 19.6 Å². The number of para-hydroxylation sites is 1. The third kappa shape index (κ3) is 5.45. The fourth-order valence-corrected chi connectivity index (χ4v) is 6.54. The topological polar surface area (TPSA) is 50.9 Å². The van der Waals surface area contributed by atoms with Gasteiger partial charge in [0.15, 0.2) is 0 Å². The summed E-state index contributed by atoms with van der Waals surface area (Å²) < 4.78 is 2.27. The van der Waals surface area contributed by atoms with E-state index in [0.717, 1.165) is 67.9 Å². The summed E-state index contributed by atoms with van der Waals surface area (Å²) in [6.07, 6.45) is 2.81. The zero-order valence-electron chi connectivity index (χ0n) is 27.1. The lowest BCUT2D eigenvalue weighted by atomic mass is 9.82. The van der Waals surface area contributed by atoms with Crippen LogP contribution in [0, 0.1) is 5.92 Å². The van der Waals surface area contributed by atoms with Crippen molar-refractivity contribution in [1.82, 2.24) is 14.5 Å². The van der Waals surface area contributed by atoms with Gasteiger partial charge in [-0.1, -0.05) is 89.2 Å². The number of benzene rings is 4. The third-order valence-electron chi connectivity index (χ3n) is 8.66. The first-order chi connectivity index (χ1) is 22.2. The molecule has 0 aliphatic rings. The third-order valence-corrected chi connectivity index (χ3v) is 8.66. The quantitative estimate of drug-likeness (QED) is 0.206. The Morgan fingerprint density at radius 2 is 1.43 bits per heavy atom. The van der Waals surface area contributed by atoms with Crippen LogP contribution in [0.1, 0.15) is 45.7 Å². The highest BCUT2D eigenvalue weighted by atomic mass is 16.3. The Bertz CT molecular complexity index is 2150. The van der Waals surface area contributed by atoms with Crippen LogP contribution < -0.4 is 0 Å². The summed E-state index contributed by atoms with van der Waals surface area (Å²) in [5, 5.41) is 14.0. The molecule has 4 heteroatoms. The Morgan fingerprint density at radius 1 is 0.696 bits per heavy atom. The lowest BCUT2D eigenvalue weighted by molar-refractivity contribution is 0.448. The van der Waals surface area contributed by atoms with Gasteiger partial charge in [-0.25, -0.2) is 9.97 Å². The normalized spacial score (nSPS) is 12.0. The van der Waals surface area contributed by atoms with Gasteiger partial charge in [-0.2, -0.15) is 0 Å². The first-order valence-corrected chi connectivity index (χ1v) is 16.1. The number of hydrogen-bond acceptors (Lipinski definition) is 3. The summed E-state index contributed by atoms with van der Waals surface area (Å²) in [6.45, 7) is 10.9. The number of pyridine rings is 2. The molecule has 0 bridgehead atoms. The molecule has 0 unspecified atom stereocenters. The van der Waals surface area contributed by atoms with Gasteiger partial charge in [0.05, 0.1) is 16.9 Å². The van der Waals surface area contributed by atoms with Crippen LogP contribution in [-0.2, 0) is 11.8 Å². The zero-order valence-corrected chi connectivity index (χ0v) is 27.1. The molecule has 0 atom stereocenters. The van der Waals surface area contributed by atoms with Crippen LogP contribution in [0.3, 0.4) is 0 Å². The number of phenols is 1. The van der Waals surface area contributed by atoms with E-state index in [1.165, 1.54) is 10.9 Å². The molecule has 0 saturated heterocycles. The molecule has 1 N–H and O–H groups in total. The second-order valence-corrected chi connectivity index (χ2v) is 13.7. The maximum absolute atomic E-state index is 11.7. The van der Waals surface area contributed by atoms with E-state index in [2.05, 4.69) is 118 Å². The molecule has 3 aromatic heterocycles. The van der Waals surface area contributed by atoms with Crippen LogP contribution >= 0.6 is 0 Å². The fraction of sp³-hybridized carbons (Fsp3) is 0.190. The van der Waals surface area contributed by atoms with Crippen LogP contribution in [0.25, 0.3) is 61.3 Å². The van der Waals surface area contributed by atoms with E-state index in [1.807, 2.05) is 42.6 Å². The maximum atomic E-state index is 11.7. The Kier molecular flexibility index (Phi) is 7.44. The molecule has 0 aliphatic carbocycles. The summed E-state index contributed by atoms with van der Waals surface area (Å²) >= 11 is 0. The molecule has 228 valence electrons. The van der Waals surface area contributed by atoms with Crippen molar-refractivity contribution in [3.05, 3.63) is 133 Å². The van der Waals surface area contributed by atoms with E-state index in [9.17, 15) is 5.11 Å². The standard InChI is InChI=1S/C42H39N3O/c1-27(2)21-28-22-31(24-32(23-28)45-39-19-10-9-15-33(39)34-16-12-20-43-41(34)45)37-17-11-18-38(44-37)35-25-30(29-13-7-6-8-14-29)26-36(40(35)46)42(3,4)5/h6-20,22-27,46H,21H2,1-5H3. The van der Waals surface area contributed by atoms with Gasteiger partial charge in [0.25, 0.3) is 0 Å². The molecule has 7 rings (SSSR count). The number of aromatic nitrogens is 3. The lowest BCUT2D eigenvalue weighted by Gasteiger charge is -2.23. The van der Waals surface area contributed by atoms with Gasteiger partial charge in [-0.15, -0.1) is 0 Å². The predicted molar refractivity (Wildman–Crippen MR) is 192 cm³/mol. The van der Waals surface area contributed by atoms with Crippen molar-refractivity contribution in [2.75, 3.05) is 0 Å². The number of fused-ring (bicyclic) bond motifs is 3. The summed E-state index contributed by atoms with van der Waals surface area (Å²) in [5.41, 5.74) is 10.6. The lowest BCUT2D eigenvalue weighted by Crippen LogP contribution is -2.12. The minimum atomic E-state index is -0.252. The van der Waals surface area contributed by atoms with E-state index in [4.69, 9.17) is 9.97 Å². The number of aromatic hydroxyl groups is 1. The molecule has 0 spiro atoms. The Labute approximate surface area is 271 Å². The van der Waals surface area contributed by atoms with Crippen molar-refractivity contribution in [2.45, 2.75) is 46.5 Å². The van der Waals surface area contributed by atoms with Crippen LogP contribution in [0.2, 0.25) is 0 Å². The molecule has 0 amide bonds.